The molecule has 7 heteroatoms. The van der Waals surface area contributed by atoms with E-state index < -0.39 is 0 Å². The standard InChI is InChI=1S/C17H17Cl2N5/c1-11-5-4-6-13(9-11)24-17(20-21-22-24)16(23(2)3)14-8-7-12(18)10-15(14)19/h4-10,16H,1-3H3/p+1/t16-/m1/s1. The van der Waals surface area contributed by atoms with Gasteiger partial charge in [0.2, 0.25) is 5.82 Å². The van der Waals surface area contributed by atoms with E-state index in [9.17, 15) is 0 Å². The van der Waals surface area contributed by atoms with Crippen molar-refractivity contribution in [3.05, 3.63) is 69.5 Å². The highest BCUT2D eigenvalue weighted by atomic mass is 35.5. The third-order valence-electron chi connectivity index (χ3n) is 3.85. The second-order valence-electron chi connectivity index (χ2n) is 5.96. The van der Waals surface area contributed by atoms with E-state index in [0.29, 0.717) is 10.0 Å². The molecule has 0 fully saturated rings. The molecule has 1 heterocycles. The summed E-state index contributed by atoms with van der Waals surface area (Å²) in [4.78, 5) is 1.14. The molecule has 3 rings (SSSR count). The molecule has 2 aromatic carbocycles. The average Bonchev–Trinajstić information content (AvgIpc) is 2.98. The van der Waals surface area contributed by atoms with Crippen LogP contribution in [0.15, 0.2) is 42.5 Å². The molecule has 5 nitrogen and oxygen atoms in total. The van der Waals surface area contributed by atoms with Gasteiger partial charge in [0.15, 0.2) is 6.04 Å². The van der Waals surface area contributed by atoms with Crippen molar-refractivity contribution in [1.82, 2.24) is 20.2 Å². The van der Waals surface area contributed by atoms with Gasteiger partial charge in [-0.05, 0) is 53.2 Å². The molecule has 0 aliphatic rings. The maximum Gasteiger partial charge on any atom is 0.219 e. The minimum Gasteiger partial charge on any atom is -0.327 e. The van der Waals surface area contributed by atoms with Gasteiger partial charge in [0.1, 0.15) is 0 Å². The average molecular weight is 363 g/mol. The molecular weight excluding hydrogens is 345 g/mol. The molecule has 0 radical (unpaired) electrons. The van der Waals surface area contributed by atoms with Gasteiger partial charge in [-0.3, -0.25) is 0 Å². The number of aromatic nitrogens is 4. The number of hydrogen-bond acceptors (Lipinski definition) is 3. The number of nitrogens with zero attached hydrogens (tertiary/aromatic N) is 4. The highest BCUT2D eigenvalue weighted by Crippen LogP contribution is 2.28. The third-order valence-corrected chi connectivity index (χ3v) is 4.41. The van der Waals surface area contributed by atoms with Crippen LogP contribution in [0.5, 0.6) is 0 Å². The van der Waals surface area contributed by atoms with Crippen molar-refractivity contribution in [3.8, 4) is 5.69 Å². The van der Waals surface area contributed by atoms with Crippen LogP contribution in [0.2, 0.25) is 10.0 Å². The van der Waals surface area contributed by atoms with Crippen LogP contribution >= 0.6 is 23.2 Å². The van der Waals surface area contributed by atoms with Gasteiger partial charge in [-0.25, -0.2) is 0 Å². The fourth-order valence-electron chi connectivity index (χ4n) is 2.76. The number of quaternary nitrogens is 1. The van der Waals surface area contributed by atoms with Gasteiger partial charge in [0, 0.05) is 10.6 Å². The lowest BCUT2D eigenvalue weighted by molar-refractivity contribution is -0.886. The molecular formula is C17H18Cl2N5+. The number of hydrogen-bond donors (Lipinski definition) is 1. The van der Waals surface area contributed by atoms with E-state index >= 15 is 0 Å². The Bertz CT molecular complexity index is 860. The van der Waals surface area contributed by atoms with Crippen molar-refractivity contribution in [1.29, 1.82) is 0 Å². The zero-order valence-corrected chi connectivity index (χ0v) is 15.2. The number of tetrazole rings is 1. The second-order valence-corrected chi connectivity index (χ2v) is 6.81. The normalized spacial score (nSPS) is 12.6. The van der Waals surface area contributed by atoms with Gasteiger partial charge in [0.25, 0.3) is 0 Å². The summed E-state index contributed by atoms with van der Waals surface area (Å²) < 4.78 is 1.76. The topological polar surface area (TPSA) is 48.0 Å². The SMILES string of the molecule is Cc1cccc(-n2nnnc2[C@@H](c2ccc(Cl)cc2Cl)[NH+](C)C)c1. The van der Waals surface area contributed by atoms with Crippen molar-refractivity contribution in [3.63, 3.8) is 0 Å². The summed E-state index contributed by atoms with van der Waals surface area (Å²) in [7, 11) is 4.09. The molecule has 24 heavy (non-hydrogen) atoms. The maximum absolute atomic E-state index is 6.43. The van der Waals surface area contributed by atoms with Crippen LogP contribution in [0.4, 0.5) is 0 Å². The summed E-state index contributed by atoms with van der Waals surface area (Å²) in [5.41, 5.74) is 3.00. The van der Waals surface area contributed by atoms with Crippen molar-refractivity contribution in [2.24, 2.45) is 0 Å². The Balaban J connectivity index is 2.13. The molecule has 1 N–H and O–H groups in total. The first-order valence-corrected chi connectivity index (χ1v) is 8.33. The first-order chi connectivity index (χ1) is 11.5. The van der Waals surface area contributed by atoms with Gasteiger partial charge in [-0.1, -0.05) is 35.3 Å². The van der Waals surface area contributed by atoms with Crippen LogP contribution in [0, 0.1) is 6.92 Å². The largest absolute Gasteiger partial charge is 0.327 e. The second kappa shape index (κ2) is 6.89. The van der Waals surface area contributed by atoms with E-state index in [1.165, 1.54) is 0 Å². The lowest BCUT2D eigenvalue weighted by Gasteiger charge is -2.22. The Morgan fingerprint density at radius 2 is 1.88 bits per heavy atom. The van der Waals surface area contributed by atoms with E-state index in [4.69, 9.17) is 23.2 Å². The molecule has 0 aliphatic heterocycles. The van der Waals surface area contributed by atoms with Gasteiger partial charge in [0.05, 0.1) is 24.8 Å². The predicted octanol–water partition coefficient (Wildman–Crippen LogP) is 2.51. The molecule has 124 valence electrons. The molecule has 1 aromatic heterocycles. The van der Waals surface area contributed by atoms with Gasteiger partial charge < -0.3 is 4.90 Å². The van der Waals surface area contributed by atoms with Gasteiger partial charge >= 0.3 is 0 Å². The third kappa shape index (κ3) is 3.29. The minimum atomic E-state index is -0.120. The van der Waals surface area contributed by atoms with Crippen molar-refractivity contribution >= 4 is 23.2 Å². The summed E-state index contributed by atoms with van der Waals surface area (Å²) in [5, 5.41) is 13.5. The van der Waals surface area contributed by atoms with E-state index in [1.807, 2.05) is 57.4 Å². The molecule has 0 amide bonds. The van der Waals surface area contributed by atoms with Gasteiger partial charge in [-0.15, -0.1) is 5.10 Å². The highest BCUT2D eigenvalue weighted by Gasteiger charge is 2.29. The molecule has 0 spiro atoms. The Hall–Kier alpha value is -1.95. The van der Waals surface area contributed by atoms with Crippen LogP contribution in [0.25, 0.3) is 5.69 Å². The molecule has 1 atom stereocenters. The Morgan fingerprint density at radius 1 is 1.08 bits per heavy atom. The smallest absolute Gasteiger partial charge is 0.219 e. The summed E-state index contributed by atoms with van der Waals surface area (Å²) in [6.07, 6.45) is 0. The summed E-state index contributed by atoms with van der Waals surface area (Å²) >= 11 is 12.5. The van der Waals surface area contributed by atoms with Crippen molar-refractivity contribution < 1.29 is 4.90 Å². The zero-order chi connectivity index (χ0) is 17.3. The van der Waals surface area contributed by atoms with Gasteiger partial charge in [-0.2, -0.15) is 4.68 Å². The molecule has 0 saturated heterocycles. The number of nitrogens with one attached hydrogen (secondary N) is 1. The van der Waals surface area contributed by atoms with E-state index in [2.05, 4.69) is 15.5 Å². The summed E-state index contributed by atoms with van der Waals surface area (Å²) in [6, 6.07) is 13.4. The lowest BCUT2D eigenvalue weighted by Crippen LogP contribution is -3.06. The predicted molar refractivity (Wildman–Crippen MR) is 95.0 cm³/mol. The van der Waals surface area contributed by atoms with Crippen LogP contribution in [0.1, 0.15) is 23.0 Å². The van der Waals surface area contributed by atoms with Crippen LogP contribution in [-0.2, 0) is 0 Å². The van der Waals surface area contributed by atoms with Crippen LogP contribution < -0.4 is 4.90 Å². The van der Waals surface area contributed by atoms with Crippen molar-refractivity contribution in [2.75, 3.05) is 14.1 Å². The van der Waals surface area contributed by atoms with E-state index in [1.54, 1.807) is 10.7 Å². The molecule has 3 aromatic rings. The van der Waals surface area contributed by atoms with Crippen LogP contribution in [0.3, 0.4) is 0 Å². The lowest BCUT2D eigenvalue weighted by atomic mass is 10.0. The maximum atomic E-state index is 6.43. The number of aryl methyl sites for hydroxylation is 1. The number of benzene rings is 2. The number of halogens is 2. The summed E-state index contributed by atoms with van der Waals surface area (Å²) in [6.45, 7) is 2.04. The van der Waals surface area contributed by atoms with E-state index in [0.717, 1.165) is 27.5 Å². The zero-order valence-electron chi connectivity index (χ0n) is 13.7. The Kier molecular flexibility index (Phi) is 4.85. The Morgan fingerprint density at radius 3 is 2.54 bits per heavy atom. The molecule has 0 unspecified atom stereocenters. The quantitative estimate of drug-likeness (QED) is 0.775. The first-order valence-electron chi connectivity index (χ1n) is 7.57. The van der Waals surface area contributed by atoms with Crippen molar-refractivity contribution in [2.45, 2.75) is 13.0 Å². The highest BCUT2D eigenvalue weighted by molar-refractivity contribution is 6.35. The summed E-state index contributed by atoms with van der Waals surface area (Å²) in [5.74, 6) is 0.727. The minimum absolute atomic E-state index is 0.120. The fraction of sp³-hybridized carbons (Fsp3) is 0.235. The van der Waals surface area contributed by atoms with E-state index in [-0.39, 0.29) is 6.04 Å². The molecule has 0 aliphatic carbocycles. The number of rotatable bonds is 4. The fourth-order valence-corrected chi connectivity index (χ4v) is 3.28. The molecule has 0 saturated carbocycles. The van der Waals surface area contributed by atoms with Crippen LogP contribution in [-0.4, -0.2) is 34.3 Å². The first kappa shape index (κ1) is 16.9. The monoisotopic (exact) mass is 362 g/mol. The molecule has 0 bridgehead atoms. The Labute approximate surface area is 150 Å².